The van der Waals surface area contributed by atoms with Gasteiger partial charge in [-0.15, -0.1) is 6.58 Å². The smallest absolute Gasteiger partial charge is 0.323 e. The summed E-state index contributed by atoms with van der Waals surface area (Å²) in [5, 5.41) is 11.4. The molecule has 90 valence electrons. The highest BCUT2D eigenvalue weighted by Gasteiger charge is 2.37. The van der Waals surface area contributed by atoms with Crippen LogP contribution in [-0.2, 0) is 4.79 Å². The summed E-state index contributed by atoms with van der Waals surface area (Å²) in [5.74, 6) is -1.02. The number of hydrogen-bond donors (Lipinski definition) is 2. The molecular weight excluding hydrogens is 208 g/mol. The van der Waals surface area contributed by atoms with E-state index in [4.69, 9.17) is 5.11 Å². The molecule has 0 aromatic rings. The van der Waals surface area contributed by atoms with Crippen LogP contribution in [0.1, 0.15) is 19.8 Å². The summed E-state index contributed by atoms with van der Waals surface area (Å²) >= 11 is 0. The molecule has 0 spiro atoms. The maximum absolute atomic E-state index is 11.6. The first-order valence-electron chi connectivity index (χ1n) is 5.32. The van der Waals surface area contributed by atoms with Gasteiger partial charge in [0.05, 0.1) is 0 Å². The lowest BCUT2D eigenvalue weighted by Gasteiger charge is -2.20. The van der Waals surface area contributed by atoms with E-state index in [2.05, 4.69) is 18.8 Å². The molecule has 0 aliphatic heterocycles. The quantitative estimate of drug-likeness (QED) is 0.665. The molecule has 0 radical (unpaired) electrons. The van der Waals surface area contributed by atoms with Gasteiger partial charge in [0.15, 0.2) is 0 Å². The molecule has 0 heterocycles. The fourth-order valence-electron chi connectivity index (χ4n) is 1.33. The van der Waals surface area contributed by atoms with Crippen LogP contribution in [-0.4, -0.2) is 41.6 Å². The molecule has 1 aliphatic carbocycles. The van der Waals surface area contributed by atoms with Crippen LogP contribution < -0.4 is 5.32 Å². The van der Waals surface area contributed by atoms with Crippen LogP contribution in [0.15, 0.2) is 12.7 Å². The molecule has 16 heavy (non-hydrogen) atoms. The fraction of sp³-hybridized carbons (Fsp3) is 0.636. The Hall–Kier alpha value is -1.52. The number of amides is 2. The van der Waals surface area contributed by atoms with E-state index in [1.165, 1.54) is 11.0 Å². The molecule has 0 unspecified atom stereocenters. The summed E-state index contributed by atoms with van der Waals surface area (Å²) in [6.07, 6.45) is 3.75. The van der Waals surface area contributed by atoms with Crippen molar-refractivity contribution in [2.45, 2.75) is 19.8 Å². The standard InChI is InChI=1S/C11H18N2O3/c1-3-6-13(7-9(14)15)10(16)12-8-11(2)4-5-11/h3H,1,4-8H2,2H3,(H,12,16)(H,14,15). The maximum Gasteiger partial charge on any atom is 0.323 e. The first-order chi connectivity index (χ1) is 7.47. The number of aliphatic carboxylic acids is 1. The van der Waals surface area contributed by atoms with Crippen LogP contribution in [0.4, 0.5) is 4.79 Å². The van der Waals surface area contributed by atoms with Crippen LogP contribution in [0.5, 0.6) is 0 Å². The highest BCUT2D eigenvalue weighted by molar-refractivity contribution is 5.80. The van der Waals surface area contributed by atoms with E-state index in [-0.39, 0.29) is 24.5 Å². The number of carbonyl (C=O) groups is 2. The number of hydrogen-bond acceptors (Lipinski definition) is 2. The molecule has 0 aromatic carbocycles. The van der Waals surface area contributed by atoms with Crippen molar-refractivity contribution in [3.8, 4) is 0 Å². The SMILES string of the molecule is C=CCN(CC(=O)O)C(=O)NCC1(C)CC1. The Morgan fingerprint density at radius 3 is 2.62 bits per heavy atom. The Morgan fingerprint density at radius 1 is 1.56 bits per heavy atom. The van der Waals surface area contributed by atoms with Crippen molar-refractivity contribution in [2.75, 3.05) is 19.6 Å². The molecular formula is C11H18N2O3. The molecule has 2 N–H and O–H groups in total. The van der Waals surface area contributed by atoms with Gasteiger partial charge in [0.25, 0.3) is 0 Å². The third-order valence-electron chi connectivity index (χ3n) is 2.73. The zero-order chi connectivity index (χ0) is 12.2. The average Bonchev–Trinajstić information content (AvgIpc) is 2.92. The van der Waals surface area contributed by atoms with Gasteiger partial charge in [-0.05, 0) is 18.3 Å². The second-order valence-electron chi connectivity index (χ2n) is 4.53. The number of rotatable bonds is 6. The number of carboxylic acids is 1. The van der Waals surface area contributed by atoms with Crippen LogP contribution in [0.3, 0.4) is 0 Å². The number of carbonyl (C=O) groups excluding carboxylic acids is 1. The lowest BCUT2D eigenvalue weighted by molar-refractivity contribution is -0.137. The third-order valence-corrected chi connectivity index (χ3v) is 2.73. The van der Waals surface area contributed by atoms with Crippen molar-refractivity contribution >= 4 is 12.0 Å². The minimum absolute atomic E-state index is 0.221. The van der Waals surface area contributed by atoms with E-state index >= 15 is 0 Å². The summed E-state index contributed by atoms with van der Waals surface area (Å²) in [5.41, 5.74) is 0.221. The third kappa shape index (κ3) is 3.92. The summed E-state index contributed by atoms with van der Waals surface area (Å²) in [6.45, 7) is 6.15. The zero-order valence-corrected chi connectivity index (χ0v) is 9.53. The fourth-order valence-corrected chi connectivity index (χ4v) is 1.33. The van der Waals surface area contributed by atoms with Gasteiger partial charge in [0.1, 0.15) is 6.54 Å². The first-order valence-corrected chi connectivity index (χ1v) is 5.32. The van der Waals surface area contributed by atoms with Gasteiger partial charge >= 0.3 is 12.0 Å². The normalized spacial score (nSPS) is 16.3. The molecule has 0 aromatic heterocycles. The Labute approximate surface area is 95.1 Å². The van der Waals surface area contributed by atoms with Crippen molar-refractivity contribution in [3.63, 3.8) is 0 Å². The maximum atomic E-state index is 11.6. The van der Waals surface area contributed by atoms with E-state index in [1.807, 2.05) is 0 Å². The molecule has 1 saturated carbocycles. The summed E-state index contributed by atoms with van der Waals surface area (Å²) in [6, 6.07) is -0.338. The number of nitrogens with one attached hydrogen (secondary N) is 1. The molecule has 2 amide bonds. The highest BCUT2D eigenvalue weighted by Crippen LogP contribution is 2.44. The zero-order valence-electron chi connectivity index (χ0n) is 9.53. The Bertz CT molecular complexity index is 298. The van der Waals surface area contributed by atoms with Crippen molar-refractivity contribution in [1.29, 1.82) is 0 Å². The number of carboxylic acid groups (broad SMARTS) is 1. The molecule has 1 rings (SSSR count). The Morgan fingerprint density at radius 2 is 2.19 bits per heavy atom. The molecule has 5 heteroatoms. The average molecular weight is 226 g/mol. The monoisotopic (exact) mass is 226 g/mol. The largest absolute Gasteiger partial charge is 0.480 e. The predicted molar refractivity (Wildman–Crippen MR) is 60.1 cm³/mol. The predicted octanol–water partition coefficient (Wildman–Crippen LogP) is 1.07. The summed E-state index contributed by atoms with van der Waals surface area (Å²) < 4.78 is 0. The second kappa shape index (κ2) is 5.01. The minimum Gasteiger partial charge on any atom is -0.480 e. The minimum atomic E-state index is -1.02. The van der Waals surface area contributed by atoms with Crippen LogP contribution >= 0.6 is 0 Å². The van der Waals surface area contributed by atoms with Crippen LogP contribution in [0, 0.1) is 5.41 Å². The topological polar surface area (TPSA) is 69.6 Å². The molecule has 0 atom stereocenters. The molecule has 0 bridgehead atoms. The first kappa shape index (κ1) is 12.5. The second-order valence-corrected chi connectivity index (χ2v) is 4.53. The van der Waals surface area contributed by atoms with E-state index in [0.717, 1.165) is 12.8 Å². The highest BCUT2D eigenvalue weighted by atomic mass is 16.4. The van der Waals surface area contributed by atoms with Crippen molar-refractivity contribution < 1.29 is 14.7 Å². The lowest BCUT2D eigenvalue weighted by atomic mass is 10.1. The lowest BCUT2D eigenvalue weighted by Crippen LogP contribution is -2.44. The molecule has 1 fully saturated rings. The van der Waals surface area contributed by atoms with E-state index in [1.54, 1.807) is 0 Å². The van der Waals surface area contributed by atoms with E-state index < -0.39 is 5.97 Å². The summed E-state index contributed by atoms with van der Waals surface area (Å²) in [7, 11) is 0. The molecule has 0 saturated heterocycles. The van der Waals surface area contributed by atoms with Gasteiger partial charge in [-0.1, -0.05) is 13.0 Å². The van der Waals surface area contributed by atoms with Crippen LogP contribution in [0.25, 0.3) is 0 Å². The van der Waals surface area contributed by atoms with Crippen molar-refractivity contribution in [1.82, 2.24) is 10.2 Å². The van der Waals surface area contributed by atoms with Gasteiger partial charge < -0.3 is 15.3 Å². The number of nitrogens with zero attached hydrogens (tertiary/aromatic N) is 1. The summed E-state index contributed by atoms with van der Waals surface area (Å²) in [4.78, 5) is 23.4. The van der Waals surface area contributed by atoms with Crippen molar-refractivity contribution in [3.05, 3.63) is 12.7 Å². The Kier molecular flexibility index (Phi) is 3.93. The molecule has 1 aliphatic rings. The van der Waals surface area contributed by atoms with Gasteiger partial charge in [0, 0.05) is 13.1 Å². The number of urea groups is 1. The van der Waals surface area contributed by atoms with Gasteiger partial charge in [-0.2, -0.15) is 0 Å². The Balaban J connectivity index is 2.39. The van der Waals surface area contributed by atoms with Gasteiger partial charge in [-0.25, -0.2) is 4.79 Å². The molecule has 5 nitrogen and oxygen atoms in total. The van der Waals surface area contributed by atoms with Crippen LogP contribution in [0.2, 0.25) is 0 Å². The van der Waals surface area contributed by atoms with Gasteiger partial charge in [0.2, 0.25) is 0 Å². The van der Waals surface area contributed by atoms with Crippen molar-refractivity contribution in [2.24, 2.45) is 5.41 Å². The van der Waals surface area contributed by atoms with Gasteiger partial charge in [-0.3, -0.25) is 4.79 Å². The van der Waals surface area contributed by atoms with E-state index in [9.17, 15) is 9.59 Å². The van der Waals surface area contributed by atoms with E-state index in [0.29, 0.717) is 6.54 Å².